The van der Waals surface area contributed by atoms with Crippen LogP contribution in [0.2, 0.25) is 0 Å². The van der Waals surface area contributed by atoms with E-state index in [0.29, 0.717) is 0 Å². The fourth-order valence-electron chi connectivity index (χ4n) is 26.4. The summed E-state index contributed by atoms with van der Waals surface area (Å²) in [6.07, 6.45) is 4.84. The van der Waals surface area contributed by atoms with Crippen molar-refractivity contribution in [3.05, 3.63) is 600 Å². The van der Waals surface area contributed by atoms with Crippen LogP contribution in [0.5, 0.6) is 0 Å². The van der Waals surface area contributed by atoms with Gasteiger partial charge in [-0.2, -0.15) is 0 Å². The molecule has 692 valence electrons. The lowest BCUT2D eigenvalue weighted by molar-refractivity contribution is 0.660. The lowest BCUT2D eigenvalue weighted by atomic mass is 9.70. The lowest BCUT2D eigenvalue weighted by Crippen LogP contribution is -2.26. The molecule has 0 aliphatic heterocycles. The van der Waals surface area contributed by atoms with Crippen LogP contribution in [0, 0.1) is 0 Å². The third-order valence-corrected chi connectivity index (χ3v) is 33.4. The van der Waals surface area contributed by atoms with Gasteiger partial charge in [-0.3, -0.25) is 0 Å². The molecule has 0 bridgehead atoms. The normalized spacial score (nSPS) is 15.1. The summed E-state index contributed by atoms with van der Waals surface area (Å²) < 4.78 is 0. The van der Waals surface area contributed by atoms with Gasteiger partial charge in [0.1, 0.15) is 0 Å². The van der Waals surface area contributed by atoms with Crippen molar-refractivity contribution in [1.29, 1.82) is 0 Å². The molecule has 0 N–H and O–H groups in total. The van der Waals surface area contributed by atoms with E-state index in [2.05, 4.69) is 548 Å². The highest BCUT2D eigenvalue weighted by Gasteiger charge is 2.54. The number of nitrogens with zero attached hydrogens (tertiary/aromatic N) is 2. The summed E-state index contributed by atoms with van der Waals surface area (Å²) >= 11 is 0. The standard InChI is InChI=1S/C73H51N.C72H51N/c1-4-46-16-8-9-19-57(46)52-31-38-64-61-22-12-15-25-68(61)73(71(64)43-52)67-24-14-11-21-60(67)63-37-30-50(42-70(63)73)49-29-36-58-53(40-49)41-51-28-34-55(44-65(51)58)74(54-32-26-48(27-33-54)47-17-6-5-7-18-47)56-35-39-62-59-20-10-13-23-66(59)72(2,3)69(62)45-56;1-4-47-16-8-9-19-58(47)54-35-42-64-61-22-12-15-25-67(61)72(70(64)45-54)66-24-14-11-21-60(66)63-41-34-53(44-69(63)72)52-28-26-49(27-29-52)51-32-38-56(39-33-51)73(55-36-30-50(31-37-55)48-17-6-5-7-18-48)57-40-43-62-59-20-10-13-23-65(59)71(2,3)68(62)46-57/h4-40,42-45H,1,41H2,2-3H3;4-46H,1H2,2-3H3. The van der Waals surface area contributed by atoms with E-state index in [-0.39, 0.29) is 10.8 Å². The van der Waals surface area contributed by atoms with E-state index in [9.17, 15) is 0 Å². The third-order valence-electron chi connectivity index (χ3n) is 33.4. The molecule has 29 rings (SSSR count). The van der Waals surface area contributed by atoms with E-state index in [1.54, 1.807) is 0 Å². The van der Waals surface area contributed by atoms with Crippen LogP contribution in [-0.2, 0) is 28.1 Å². The number of hydrogen-bond acceptors (Lipinski definition) is 2. The van der Waals surface area contributed by atoms with Gasteiger partial charge >= 0.3 is 0 Å². The van der Waals surface area contributed by atoms with Crippen LogP contribution < -0.4 is 9.80 Å². The molecule has 0 fully saturated rings. The number of hydrogen-bond donors (Lipinski definition) is 0. The van der Waals surface area contributed by atoms with Crippen molar-refractivity contribution in [3.8, 4) is 156 Å². The summed E-state index contributed by atoms with van der Waals surface area (Å²) in [5.41, 5.74) is 62.2. The van der Waals surface area contributed by atoms with E-state index < -0.39 is 10.8 Å². The summed E-state index contributed by atoms with van der Waals surface area (Å²) in [4.78, 5) is 4.86. The SMILES string of the molecule is C=Cc1ccccc1-c1ccc2c(c1)C1(c3ccccc3-c3ccc(-c4ccc(-c5ccc(N(c6ccc(-c7ccccc7)cc6)c6ccc7c(c6)C(C)(C)c6ccccc6-7)cc5)cc4)cc31)c1ccccc1-2.C=Cc1ccccc1-c1ccc2c(c1)C1(c3ccccc3-c3ccc(-c4ccc5c(c4)Cc4ccc(N(c6ccc(-c7ccccc7)cc6)c6ccc7c(c6)C(C)(C)c6ccccc6-7)cc4-5)cc31)c1ccccc1-2. The maximum atomic E-state index is 4.19. The van der Waals surface area contributed by atoms with Crippen LogP contribution in [0.25, 0.3) is 168 Å². The Hall–Kier alpha value is -18.1. The molecule has 22 aromatic rings. The van der Waals surface area contributed by atoms with E-state index >= 15 is 0 Å². The fourth-order valence-corrected chi connectivity index (χ4v) is 26.4. The Kier molecular flexibility index (Phi) is 20.0. The smallest absolute Gasteiger partial charge is 0.0725 e. The van der Waals surface area contributed by atoms with Crippen LogP contribution in [0.15, 0.2) is 511 Å². The second-order valence-corrected chi connectivity index (χ2v) is 41.6. The topological polar surface area (TPSA) is 6.48 Å². The summed E-state index contributed by atoms with van der Waals surface area (Å²) in [7, 11) is 0. The number of benzene rings is 22. The molecule has 2 nitrogen and oxygen atoms in total. The molecule has 0 amide bonds. The second-order valence-electron chi connectivity index (χ2n) is 41.6. The van der Waals surface area contributed by atoms with Crippen molar-refractivity contribution >= 4 is 46.3 Å². The predicted octanol–water partition coefficient (Wildman–Crippen LogP) is 38.1. The average molecular weight is 1870 g/mol. The zero-order valence-electron chi connectivity index (χ0n) is 82.5. The van der Waals surface area contributed by atoms with Gasteiger partial charge in [-0.15, -0.1) is 0 Å². The minimum absolute atomic E-state index is 0.108. The Morgan fingerprint density at radius 2 is 0.401 bits per heavy atom. The molecule has 2 spiro atoms. The van der Waals surface area contributed by atoms with Crippen LogP contribution >= 0.6 is 0 Å². The second kappa shape index (κ2) is 33.8. The maximum absolute atomic E-state index is 4.19. The minimum atomic E-state index is -0.470. The lowest BCUT2D eigenvalue weighted by Gasteiger charge is -2.31. The quantitative estimate of drug-likeness (QED) is 0.101. The Bertz CT molecular complexity index is 9180. The van der Waals surface area contributed by atoms with Crippen molar-refractivity contribution in [3.63, 3.8) is 0 Å². The molecule has 0 aromatic heterocycles. The van der Waals surface area contributed by atoms with Crippen molar-refractivity contribution in [2.45, 2.75) is 55.8 Å². The molecular formula is C145H102N2. The van der Waals surface area contributed by atoms with Gasteiger partial charge in [0, 0.05) is 45.0 Å². The maximum Gasteiger partial charge on any atom is 0.0725 e. The number of fused-ring (bicyclic) bond motifs is 29. The van der Waals surface area contributed by atoms with E-state index in [1.165, 1.54) is 234 Å². The minimum Gasteiger partial charge on any atom is -0.310 e. The Balaban J connectivity index is 0.000000142. The highest BCUT2D eigenvalue weighted by Crippen LogP contribution is 2.67. The number of rotatable bonds is 15. The van der Waals surface area contributed by atoms with Gasteiger partial charge in [0.05, 0.1) is 10.8 Å². The molecule has 0 saturated heterocycles. The molecule has 22 aromatic carbocycles. The molecule has 0 radical (unpaired) electrons. The van der Waals surface area contributed by atoms with Gasteiger partial charge < -0.3 is 9.80 Å². The first-order valence-electron chi connectivity index (χ1n) is 51.6. The average Bonchev–Trinajstić information content (AvgIpc) is 1.51. The zero-order valence-corrected chi connectivity index (χ0v) is 82.5. The van der Waals surface area contributed by atoms with E-state index in [4.69, 9.17) is 0 Å². The highest BCUT2D eigenvalue weighted by atomic mass is 15.1. The molecule has 147 heavy (non-hydrogen) atoms. The Morgan fingerprint density at radius 3 is 0.782 bits per heavy atom. The molecule has 0 heterocycles. The molecule has 2 atom stereocenters. The summed E-state index contributed by atoms with van der Waals surface area (Å²) in [5, 5.41) is 0. The van der Waals surface area contributed by atoms with Gasteiger partial charge in [0.2, 0.25) is 0 Å². The van der Waals surface area contributed by atoms with Gasteiger partial charge in [0.25, 0.3) is 0 Å². The molecule has 7 aliphatic carbocycles. The molecule has 7 aliphatic rings. The third kappa shape index (κ3) is 13.3. The van der Waals surface area contributed by atoms with Crippen molar-refractivity contribution in [2.75, 3.05) is 9.80 Å². The van der Waals surface area contributed by atoms with Crippen LogP contribution in [0.1, 0.15) is 117 Å². The molecular weight excluding hydrogens is 1770 g/mol. The molecule has 2 heteroatoms. The first-order valence-corrected chi connectivity index (χ1v) is 51.6. The zero-order chi connectivity index (χ0) is 98.1. The summed E-state index contributed by atoms with van der Waals surface area (Å²) in [5.74, 6) is 0. The highest BCUT2D eigenvalue weighted by molar-refractivity contribution is 6.02. The summed E-state index contributed by atoms with van der Waals surface area (Å²) in [6, 6.07) is 186. The summed E-state index contributed by atoms with van der Waals surface area (Å²) in [6.45, 7) is 17.8. The Labute approximate surface area is 860 Å². The van der Waals surface area contributed by atoms with Gasteiger partial charge in [-0.1, -0.05) is 453 Å². The largest absolute Gasteiger partial charge is 0.310 e. The van der Waals surface area contributed by atoms with E-state index in [0.717, 1.165) is 51.7 Å². The monoisotopic (exact) mass is 1870 g/mol. The molecule has 0 saturated carbocycles. The van der Waals surface area contributed by atoms with Crippen molar-refractivity contribution in [1.82, 2.24) is 0 Å². The van der Waals surface area contributed by atoms with Crippen molar-refractivity contribution in [2.24, 2.45) is 0 Å². The predicted molar refractivity (Wildman–Crippen MR) is 616 cm³/mol. The van der Waals surface area contributed by atoms with Crippen LogP contribution in [0.4, 0.5) is 34.1 Å². The van der Waals surface area contributed by atoms with Gasteiger partial charge in [-0.05, 0) is 348 Å². The Morgan fingerprint density at radius 1 is 0.163 bits per heavy atom. The number of anilines is 6. The van der Waals surface area contributed by atoms with Gasteiger partial charge in [-0.25, -0.2) is 0 Å². The first kappa shape index (κ1) is 86.8. The van der Waals surface area contributed by atoms with Crippen LogP contribution in [-0.4, -0.2) is 0 Å². The van der Waals surface area contributed by atoms with Crippen LogP contribution in [0.3, 0.4) is 0 Å². The fraction of sp³-hybridized carbons (Fsp3) is 0.0621. The van der Waals surface area contributed by atoms with Gasteiger partial charge in [0.15, 0.2) is 0 Å². The first-order chi connectivity index (χ1) is 72.3. The van der Waals surface area contributed by atoms with E-state index in [1.807, 2.05) is 12.2 Å². The molecule has 2 unspecified atom stereocenters. The van der Waals surface area contributed by atoms with Crippen molar-refractivity contribution < 1.29 is 0 Å².